The fourth-order valence-electron chi connectivity index (χ4n) is 2.01. The first kappa shape index (κ1) is 13.0. The summed E-state index contributed by atoms with van der Waals surface area (Å²) < 4.78 is 10.7. The predicted octanol–water partition coefficient (Wildman–Crippen LogP) is 1.16. The van der Waals surface area contributed by atoms with Crippen LogP contribution in [0.3, 0.4) is 0 Å². The van der Waals surface area contributed by atoms with Crippen molar-refractivity contribution in [3.05, 3.63) is 24.0 Å². The lowest BCUT2D eigenvalue weighted by atomic mass is 10.2. The van der Waals surface area contributed by atoms with E-state index >= 15 is 0 Å². The van der Waals surface area contributed by atoms with Crippen LogP contribution < -0.4 is 4.90 Å². The van der Waals surface area contributed by atoms with Gasteiger partial charge in [0.2, 0.25) is 0 Å². The molecule has 1 aromatic heterocycles. The second-order valence-electron chi connectivity index (χ2n) is 4.12. The molecular weight excluding hydrogens is 232 g/mol. The highest BCUT2D eigenvalue weighted by Crippen LogP contribution is 2.19. The molecule has 0 aromatic carbocycles. The first-order valence-electron chi connectivity index (χ1n) is 6.16. The molecule has 18 heavy (non-hydrogen) atoms. The Morgan fingerprint density at radius 1 is 1.56 bits per heavy atom. The van der Waals surface area contributed by atoms with Gasteiger partial charge in [0.15, 0.2) is 6.10 Å². The quantitative estimate of drug-likeness (QED) is 0.807. The largest absolute Gasteiger partial charge is 0.376 e. The van der Waals surface area contributed by atoms with E-state index in [9.17, 15) is 4.79 Å². The molecule has 1 aliphatic rings. The monoisotopic (exact) mass is 250 g/mol. The Bertz CT molecular complexity index is 416. The lowest BCUT2D eigenvalue weighted by molar-refractivity contribution is -0.144. The highest BCUT2D eigenvalue weighted by atomic mass is 16.6. The number of aryl methyl sites for hydroxylation is 1. The maximum atomic E-state index is 12.4. The molecule has 2 rings (SSSR count). The van der Waals surface area contributed by atoms with E-state index in [0.29, 0.717) is 26.4 Å². The zero-order valence-corrected chi connectivity index (χ0v) is 10.8. The van der Waals surface area contributed by atoms with E-state index in [2.05, 4.69) is 4.98 Å². The number of likely N-dealkylation sites (N-methyl/N-ethyl adjacent to an activating group) is 1. The van der Waals surface area contributed by atoms with Crippen molar-refractivity contribution in [3.63, 3.8) is 0 Å². The summed E-state index contributed by atoms with van der Waals surface area (Å²) in [6.45, 7) is 5.78. The van der Waals surface area contributed by atoms with Crippen LogP contribution in [0.5, 0.6) is 0 Å². The molecule has 0 aliphatic carbocycles. The number of carbonyl (C=O) groups is 1. The number of pyridine rings is 1. The van der Waals surface area contributed by atoms with Crippen molar-refractivity contribution < 1.29 is 14.3 Å². The number of rotatable bonds is 3. The molecule has 1 amide bonds. The van der Waals surface area contributed by atoms with E-state index in [0.717, 1.165) is 11.4 Å². The average molecular weight is 250 g/mol. The zero-order chi connectivity index (χ0) is 13.0. The van der Waals surface area contributed by atoms with E-state index in [4.69, 9.17) is 9.47 Å². The molecule has 0 saturated carbocycles. The van der Waals surface area contributed by atoms with Crippen LogP contribution in [-0.2, 0) is 14.3 Å². The minimum absolute atomic E-state index is 0.0618. The number of anilines is 1. The van der Waals surface area contributed by atoms with E-state index in [-0.39, 0.29) is 5.91 Å². The fraction of sp³-hybridized carbons (Fsp3) is 0.538. The summed E-state index contributed by atoms with van der Waals surface area (Å²) in [5, 5.41) is 0. The summed E-state index contributed by atoms with van der Waals surface area (Å²) >= 11 is 0. The minimum atomic E-state index is -0.502. The van der Waals surface area contributed by atoms with Crippen molar-refractivity contribution in [2.75, 3.05) is 31.3 Å². The molecule has 0 bridgehead atoms. The average Bonchev–Trinajstić information content (AvgIpc) is 2.42. The first-order chi connectivity index (χ1) is 8.74. The lowest BCUT2D eigenvalue weighted by Crippen LogP contribution is -2.45. The van der Waals surface area contributed by atoms with Crippen LogP contribution in [0.15, 0.2) is 18.3 Å². The highest BCUT2D eigenvalue weighted by Gasteiger charge is 2.28. The van der Waals surface area contributed by atoms with Crippen molar-refractivity contribution in [2.24, 2.45) is 0 Å². The number of amides is 1. The van der Waals surface area contributed by atoms with Crippen LogP contribution in [0.1, 0.15) is 12.6 Å². The van der Waals surface area contributed by atoms with Gasteiger partial charge in [0.05, 0.1) is 31.2 Å². The Morgan fingerprint density at radius 2 is 2.39 bits per heavy atom. The van der Waals surface area contributed by atoms with Gasteiger partial charge in [-0.2, -0.15) is 0 Å². The summed E-state index contributed by atoms with van der Waals surface area (Å²) in [5.74, 6) is -0.0618. The van der Waals surface area contributed by atoms with E-state index in [1.807, 2.05) is 26.0 Å². The van der Waals surface area contributed by atoms with Crippen molar-refractivity contribution >= 4 is 11.6 Å². The molecule has 5 nitrogen and oxygen atoms in total. The van der Waals surface area contributed by atoms with Crippen LogP contribution in [0.4, 0.5) is 5.69 Å². The molecule has 98 valence electrons. The predicted molar refractivity (Wildman–Crippen MR) is 67.6 cm³/mol. The highest BCUT2D eigenvalue weighted by molar-refractivity contribution is 5.97. The second kappa shape index (κ2) is 5.93. The molecule has 0 radical (unpaired) electrons. The van der Waals surface area contributed by atoms with Crippen molar-refractivity contribution in [3.8, 4) is 0 Å². The van der Waals surface area contributed by atoms with Gasteiger partial charge in [0.25, 0.3) is 5.91 Å². The fourth-order valence-corrected chi connectivity index (χ4v) is 2.01. The van der Waals surface area contributed by atoms with Gasteiger partial charge in [0, 0.05) is 12.7 Å². The van der Waals surface area contributed by atoms with Gasteiger partial charge in [-0.3, -0.25) is 9.78 Å². The maximum absolute atomic E-state index is 12.4. The van der Waals surface area contributed by atoms with Crippen LogP contribution in [0.25, 0.3) is 0 Å². The van der Waals surface area contributed by atoms with Gasteiger partial charge in [0.1, 0.15) is 0 Å². The minimum Gasteiger partial charge on any atom is -0.376 e. The third kappa shape index (κ3) is 2.68. The van der Waals surface area contributed by atoms with Gasteiger partial charge >= 0.3 is 0 Å². The number of hydrogen-bond acceptors (Lipinski definition) is 4. The molecular formula is C13H18N2O3. The SMILES string of the molecule is CCN(C(=O)C1COCCO1)c1cccnc1C. The smallest absolute Gasteiger partial charge is 0.258 e. The normalized spacial score (nSPS) is 19.6. The van der Waals surface area contributed by atoms with Gasteiger partial charge in [-0.05, 0) is 26.0 Å². The second-order valence-corrected chi connectivity index (χ2v) is 4.12. The van der Waals surface area contributed by atoms with E-state index in [1.54, 1.807) is 11.1 Å². The molecule has 1 aromatic rings. The standard InChI is InChI=1S/C13H18N2O3/c1-3-15(11-5-4-6-14-10(11)2)13(16)12-9-17-7-8-18-12/h4-6,12H,3,7-9H2,1-2H3. The van der Waals surface area contributed by atoms with Crippen LogP contribution in [-0.4, -0.2) is 43.4 Å². The van der Waals surface area contributed by atoms with Crippen molar-refractivity contribution in [2.45, 2.75) is 20.0 Å². The van der Waals surface area contributed by atoms with Crippen molar-refractivity contribution in [1.82, 2.24) is 4.98 Å². The maximum Gasteiger partial charge on any atom is 0.258 e. The van der Waals surface area contributed by atoms with Gasteiger partial charge < -0.3 is 14.4 Å². The molecule has 1 aliphatic heterocycles. The number of ether oxygens (including phenoxy) is 2. The molecule has 0 N–H and O–H groups in total. The van der Waals surface area contributed by atoms with Gasteiger partial charge in [-0.15, -0.1) is 0 Å². The van der Waals surface area contributed by atoms with Gasteiger partial charge in [-0.1, -0.05) is 0 Å². The molecule has 1 saturated heterocycles. The van der Waals surface area contributed by atoms with Crippen LogP contribution in [0.2, 0.25) is 0 Å². The summed E-state index contributed by atoms with van der Waals surface area (Å²) in [5.41, 5.74) is 1.67. The summed E-state index contributed by atoms with van der Waals surface area (Å²) in [7, 11) is 0. The number of aromatic nitrogens is 1. The number of carbonyl (C=O) groups excluding carboxylic acids is 1. The van der Waals surface area contributed by atoms with Gasteiger partial charge in [-0.25, -0.2) is 0 Å². The summed E-state index contributed by atoms with van der Waals surface area (Å²) in [4.78, 5) is 18.3. The molecule has 1 fully saturated rings. The molecule has 5 heteroatoms. The Morgan fingerprint density at radius 3 is 3.00 bits per heavy atom. The molecule has 1 unspecified atom stereocenters. The van der Waals surface area contributed by atoms with Crippen LogP contribution in [0, 0.1) is 6.92 Å². The topological polar surface area (TPSA) is 51.7 Å². The number of nitrogens with zero attached hydrogens (tertiary/aromatic N) is 2. The Labute approximate surface area is 107 Å². The Balaban J connectivity index is 2.17. The molecule has 2 heterocycles. The van der Waals surface area contributed by atoms with Crippen LogP contribution >= 0.6 is 0 Å². The Hall–Kier alpha value is -1.46. The summed E-state index contributed by atoms with van der Waals surface area (Å²) in [6.07, 6.45) is 1.22. The van der Waals surface area contributed by atoms with Crippen molar-refractivity contribution in [1.29, 1.82) is 0 Å². The van der Waals surface area contributed by atoms with E-state index in [1.165, 1.54) is 0 Å². The molecule has 0 spiro atoms. The third-order valence-electron chi connectivity index (χ3n) is 2.94. The third-order valence-corrected chi connectivity index (χ3v) is 2.94. The zero-order valence-electron chi connectivity index (χ0n) is 10.8. The first-order valence-corrected chi connectivity index (χ1v) is 6.16. The Kier molecular flexibility index (Phi) is 4.28. The molecule has 1 atom stereocenters. The summed E-state index contributed by atoms with van der Waals surface area (Å²) in [6, 6.07) is 3.73. The lowest BCUT2D eigenvalue weighted by Gasteiger charge is -2.29. The number of hydrogen-bond donors (Lipinski definition) is 0. The van der Waals surface area contributed by atoms with E-state index < -0.39 is 6.10 Å².